The lowest BCUT2D eigenvalue weighted by molar-refractivity contribution is -0.152. The summed E-state index contributed by atoms with van der Waals surface area (Å²) in [6.07, 6.45) is 2.39. The zero-order valence-electron chi connectivity index (χ0n) is 18.1. The van der Waals surface area contributed by atoms with Crippen molar-refractivity contribution in [2.75, 3.05) is 6.61 Å². The second-order valence-corrected chi connectivity index (χ2v) is 8.40. The molecule has 2 aromatic heterocycles. The molecule has 0 saturated heterocycles. The van der Waals surface area contributed by atoms with Gasteiger partial charge in [-0.05, 0) is 38.3 Å². The number of esters is 2. The Bertz CT molecular complexity index is 1140. The van der Waals surface area contributed by atoms with Crippen molar-refractivity contribution in [3.63, 3.8) is 0 Å². The maximum Gasteiger partial charge on any atom is 0.348 e. The number of hydrogen-bond donors (Lipinski definition) is 0. The van der Waals surface area contributed by atoms with E-state index in [1.54, 1.807) is 20.8 Å². The number of aryl methyl sites for hydroxylation is 1. The van der Waals surface area contributed by atoms with E-state index in [-0.39, 0.29) is 18.3 Å². The van der Waals surface area contributed by atoms with Crippen molar-refractivity contribution in [2.45, 2.75) is 52.7 Å². The van der Waals surface area contributed by atoms with Crippen LogP contribution in [-0.4, -0.2) is 34.2 Å². The fourth-order valence-electron chi connectivity index (χ4n) is 3.07. The Hall–Kier alpha value is -3.00. The molecule has 2 atom stereocenters. The summed E-state index contributed by atoms with van der Waals surface area (Å²) in [6.45, 7) is 7.25. The summed E-state index contributed by atoms with van der Waals surface area (Å²) in [5.74, 6) is -0.974. The molecule has 2 unspecified atom stereocenters. The van der Waals surface area contributed by atoms with Gasteiger partial charge in [-0.25, -0.2) is 14.6 Å². The summed E-state index contributed by atoms with van der Waals surface area (Å²) in [5.41, 5.74) is 1.21. The zero-order valence-corrected chi connectivity index (χ0v) is 18.9. The van der Waals surface area contributed by atoms with Gasteiger partial charge in [-0.3, -0.25) is 9.36 Å². The Kier molecular flexibility index (Phi) is 7.22. The molecule has 0 N–H and O–H groups in total. The normalized spacial score (nSPS) is 13.0. The minimum Gasteiger partial charge on any atom is -0.461 e. The third-order valence-electron chi connectivity index (χ3n) is 5.18. The molecule has 0 saturated carbocycles. The molecule has 0 amide bonds. The molecular weight excluding hydrogens is 416 g/mol. The third kappa shape index (κ3) is 5.02. The summed E-state index contributed by atoms with van der Waals surface area (Å²) < 4.78 is 12.0. The smallest absolute Gasteiger partial charge is 0.348 e. The summed E-state index contributed by atoms with van der Waals surface area (Å²) in [5, 5.41) is 0.325. The van der Waals surface area contributed by atoms with Crippen LogP contribution >= 0.6 is 11.3 Å². The molecule has 3 aromatic rings. The largest absolute Gasteiger partial charge is 0.461 e. The minimum absolute atomic E-state index is 0.234. The first kappa shape index (κ1) is 22.7. The molecule has 3 rings (SSSR count). The Labute approximate surface area is 184 Å². The predicted molar refractivity (Wildman–Crippen MR) is 120 cm³/mol. The monoisotopic (exact) mass is 442 g/mol. The molecule has 0 aliphatic rings. The molecule has 0 fully saturated rings. The standard InChI is InChI=1S/C23H26N2O5S/c1-5-14(2)30-22(27)16(4)25-13-24-20-18(21(25)26)15(3)19(31-20)23(28)29-12-11-17-9-7-6-8-10-17/h6-10,13-14,16H,5,11-12H2,1-4H3. The Morgan fingerprint density at radius 3 is 2.58 bits per heavy atom. The Balaban J connectivity index is 1.80. The molecule has 31 heavy (non-hydrogen) atoms. The van der Waals surface area contributed by atoms with Gasteiger partial charge >= 0.3 is 11.9 Å². The summed E-state index contributed by atoms with van der Waals surface area (Å²) in [7, 11) is 0. The first-order chi connectivity index (χ1) is 14.8. The van der Waals surface area contributed by atoms with Crippen LogP contribution in [0, 0.1) is 6.92 Å². The van der Waals surface area contributed by atoms with E-state index in [0.29, 0.717) is 33.5 Å². The fourth-order valence-corrected chi connectivity index (χ4v) is 4.11. The molecule has 2 heterocycles. The SMILES string of the molecule is CCC(C)OC(=O)C(C)n1cnc2sc(C(=O)OCCc3ccccc3)c(C)c2c1=O. The molecule has 0 bridgehead atoms. The average Bonchev–Trinajstić information content (AvgIpc) is 3.11. The molecular formula is C23H26N2O5S. The lowest BCUT2D eigenvalue weighted by atomic mass is 10.2. The van der Waals surface area contributed by atoms with Crippen molar-refractivity contribution in [1.82, 2.24) is 9.55 Å². The van der Waals surface area contributed by atoms with Gasteiger partial charge in [0.25, 0.3) is 5.56 Å². The van der Waals surface area contributed by atoms with Gasteiger partial charge in [0, 0.05) is 6.42 Å². The maximum atomic E-state index is 13.1. The van der Waals surface area contributed by atoms with Crippen LogP contribution in [0.25, 0.3) is 10.2 Å². The first-order valence-electron chi connectivity index (χ1n) is 10.2. The summed E-state index contributed by atoms with van der Waals surface area (Å²) in [4.78, 5) is 43.1. The summed E-state index contributed by atoms with van der Waals surface area (Å²) >= 11 is 1.12. The molecule has 7 nitrogen and oxygen atoms in total. The number of hydrogen-bond acceptors (Lipinski definition) is 7. The van der Waals surface area contributed by atoms with Gasteiger partial charge in [-0.15, -0.1) is 11.3 Å². The third-order valence-corrected chi connectivity index (χ3v) is 6.36. The number of fused-ring (bicyclic) bond motifs is 1. The highest BCUT2D eigenvalue weighted by Crippen LogP contribution is 2.28. The Morgan fingerprint density at radius 2 is 1.90 bits per heavy atom. The molecule has 0 radical (unpaired) electrons. The molecule has 0 aliphatic carbocycles. The van der Waals surface area contributed by atoms with E-state index in [9.17, 15) is 14.4 Å². The number of ether oxygens (including phenoxy) is 2. The van der Waals surface area contributed by atoms with Crippen LogP contribution in [0.4, 0.5) is 0 Å². The zero-order chi connectivity index (χ0) is 22.5. The quantitative estimate of drug-likeness (QED) is 0.489. The van der Waals surface area contributed by atoms with Crippen molar-refractivity contribution >= 4 is 33.5 Å². The molecule has 0 spiro atoms. The Morgan fingerprint density at radius 1 is 1.19 bits per heavy atom. The van der Waals surface area contributed by atoms with Gasteiger partial charge in [-0.1, -0.05) is 37.3 Å². The van der Waals surface area contributed by atoms with Crippen molar-refractivity contribution in [2.24, 2.45) is 0 Å². The first-order valence-corrected chi connectivity index (χ1v) is 11.1. The van der Waals surface area contributed by atoms with Crippen LogP contribution in [-0.2, 0) is 20.7 Å². The second kappa shape index (κ2) is 9.87. The van der Waals surface area contributed by atoms with Crippen molar-refractivity contribution in [3.05, 3.63) is 63.0 Å². The molecule has 164 valence electrons. The second-order valence-electron chi connectivity index (χ2n) is 7.40. The van der Waals surface area contributed by atoms with E-state index in [1.165, 1.54) is 10.9 Å². The van der Waals surface area contributed by atoms with Crippen LogP contribution in [0.3, 0.4) is 0 Å². The van der Waals surface area contributed by atoms with Crippen LogP contribution in [0.5, 0.6) is 0 Å². The van der Waals surface area contributed by atoms with E-state index in [0.717, 1.165) is 16.9 Å². The number of thiophene rings is 1. The fraction of sp³-hybridized carbons (Fsp3) is 0.391. The minimum atomic E-state index is -0.820. The number of aromatic nitrogens is 2. The molecule has 8 heteroatoms. The van der Waals surface area contributed by atoms with Crippen molar-refractivity contribution in [3.8, 4) is 0 Å². The van der Waals surface area contributed by atoms with Crippen LogP contribution in [0.15, 0.2) is 41.5 Å². The number of benzene rings is 1. The number of carbonyl (C=O) groups excluding carboxylic acids is 2. The topological polar surface area (TPSA) is 87.5 Å². The molecule has 0 aliphatic heterocycles. The lowest BCUT2D eigenvalue weighted by Crippen LogP contribution is -2.31. The van der Waals surface area contributed by atoms with Gasteiger partial charge in [-0.2, -0.15) is 0 Å². The van der Waals surface area contributed by atoms with Gasteiger partial charge in [0.15, 0.2) is 0 Å². The van der Waals surface area contributed by atoms with E-state index in [1.807, 2.05) is 37.3 Å². The molecule has 1 aromatic carbocycles. The van der Waals surface area contributed by atoms with E-state index >= 15 is 0 Å². The highest BCUT2D eigenvalue weighted by Gasteiger charge is 2.24. The van der Waals surface area contributed by atoms with Crippen LogP contribution in [0.2, 0.25) is 0 Å². The van der Waals surface area contributed by atoms with Gasteiger partial charge < -0.3 is 9.47 Å². The summed E-state index contributed by atoms with van der Waals surface area (Å²) in [6, 6.07) is 8.92. The van der Waals surface area contributed by atoms with Gasteiger partial charge in [0.05, 0.1) is 24.4 Å². The predicted octanol–water partition coefficient (Wildman–Crippen LogP) is 4.07. The lowest BCUT2D eigenvalue weighted by Gasteiger charge is -2.17. The van der Waals surface area contributed by atoms with Crippen LogP contribution in [0.1, 0.15) is 54.0 Å². The van der Waals surface area contributed by atoms with Crippen molar-refractivity contribution in [1.29, 1.82) is 0 Å². The highest BCUT2D eigenvalue weighted by atomic mass is 32.1. The van der Waals surface area contributed by atoms with Crippen molar-refractivity contribution < 1.29 is 19.1 Å². The average molecular weight is 443 g/mol. The van der Waals surface area contributed by atoms with E-state index in [4.69, 9.17) is 9.47 Å². The van der Waals surface area contributed by atoms with Gasteiger partial charge in [0.2, 0.25) is 0 Å². The van der Waals surface area contributed by atoms with Gasteiger partial charge in [0.1, 0.15) is 15.7 Å². The van der Waals surface area contributed by atoms with E-state index < -0.39 is 18.0 Å². The number of nitrogens with zero attached hydrogens (tertiary/aromatic N) is 2. The maximum absolute atomic E-state index is 13.1. The van der Waals surface area contributed by atoms with Crippen LogP contribution < -0.4 is 5.56 Å². The highest BCUT2D eigenvalue weighted by molar-refractivity contribution is 7.20. The number of carbonyl (C=O) groups is 2. The van der Waals surface area contributed by atoms with E-state index in [2.05, 4.69) is 4.98 Å². The number of rotatable bonds is 8.